The molecule has 1 heterocycles. The molecule has 4 heteroatoms. The predicted molar refractivity (Wildman–Crippen MR) is 91.1 cm³/mol. The van der Waals surface area contributed by atoms with Crippen LogP contribution in [0.4, 0.5) is 5.69 Å². The molecule has 0 saturated carbocycles. The Balaban J connectivity index is 1.88. The van der Waals surface area contributed by atoms with Crippen molar-refractivity contribution in [3.05, 3.63) is 29.3 Å². The van der Waals surface area contributed by atoms with Crippen molar-refractivity contribution in [3.63, 3.8) is 0 Å². The summed E-state index contributed by atoms with van der Waals surface area (Å²) in [6.07, 6.45) is 0.977. The molecule has 1 aliphatic heterocycles. The third-order valence-corrected chi connectivity index (χ3v) is 4.34. The van der Waals surface area contributed by atoms with Gasteiger partial charge in [0.2, 0.25) is 0 Å². The van der Waals surface area contributed by atoms with E-state index in [4.69, 9.17) is 5.73 Å². The Morgan fingerprint density at radius 3 is 2.43 bits per heavy atom. The maximum Gasteiger partial charge on any atom is 0.0369 e. The Bertz CT molecular complexity index is 436. The Labute approximate surface area is 129 Å². The average molecular weight is 290 g/mol. The number of hydrogen-bond acceptors (Lipinski definition) is 4. The Kier molecular flexibility index (Phi) is 6.03. The van der Waals surface area contributed by atoms with Gasteiger partial charge in [-0.2, -0.15) is 0 Å². The van der Waals surface area contributed by atoms with Gasteiger partial charge in [0.15, 0.2) is 0 Å². The topological polar surface area (TPSA) is 35.7 Å². The fraction of sp³-hybridized carbons (Fsp3) is 0.647. The van der Waals surface area contributed by atoms with Crippen molar-refractivity contribution in [3.8, 4) is 0 Å². The summed E-state index contributed by atoms with van der Waals surface area (Å²) in [5.74, 6) is 0. The van der Waals surface area contributed by atoms with Crippen LogP contribution in [0, 0.1) is 6.92 Å². The number of rotatable bonds is 6. The number of piperazine rings is 1. The molecule has 0 amide bonds. The van der Waals surface area contributed by atoms with Crippen LogP contribution >= 0.6 is 0 Å². The molecule has 1 aliphatic rings. The zero-order valence-electron chi connectivity index (χ0n) is 13.8. The van der Waals surface area contributed by atoms with Gasteiger partial charge < -0.3 is 15.5 Å². The van der Waals surface area contributed by atoms with E-state index in [0.717, 1.165) is 45.7 Å². The molecule has 1 saturated heterocycles. The van der Waals surface area contributed by atoms with E-state index in [-0.39, 0.29) is 0 Å². The van der Waals surface area contributed by atoms with E-state index >= 15 is 0 Å². The van der Waals surface area contributed by atoms with Crippen LogP contribution in [0.25, 0.3) is 0 Å². The van der Waals surface area contributed by atoms with Crippen LogP contribution in [-0.4, -0.2) is 69.7 Å². The number of nitrogens with two attached hydrogens (primary N) is 1. The molecule has 0 unspecified atom stereocenters. The minimum atomic E-state index is 0.727. The Morgan fingerprint density at radius 2 is 1.86 bits per heavy atom. The number of aryl methyl sites for hydroxylation is 1. The second-order valence-corrected chi connectivity index (χ2v) is 6.28. The highest BCUT2D eigenvalue weighted by atomic mass is 15.3. The van der Waals surface area contributed by atoms with Crippen molar-refractivity contribution in [2.45, 2.75) is 13.3 Å². The molecule has 0 aromatic heterocycles. The zero-order chi connectivity index (χ0) is 15.2. The predicted octanol–water partition coefficient (Wildman–Crippen LogP) is 1.18. The molecule has 1 aromatic rings. The number of benzene rings is 1. The van der Waals surface area contributed by atoms with Gasteiger partial charge in [0, 0.05) is 45.0 Å². The van der Waals surface area contributed by atoms with Gasteiger partial charge in [-0.05, 0) is 57.2 Å². The van der Waals surface area contributed by atoms with E-state index in [1.807, 2.05) is 0 Å². The van der Waals surface area contributed by atoms with Gasteiger partial charge in [0.25, 0.3) is 0 Å². The molecule has 4 nitrogen and oxygen atoms in total. The van der Waals surface area contributed by atoms with E-state index in [1.54, 1.807) is 0 Å². The van der Waals surface area contributed by atoms with Crippen molar-refractivity contribution in [2.24, 2.45) is 5.73 Å². The highest BCUT2D eigenvalue weighted by Gasteiger charge is 2.17. The summed E-state index contributed by atoms with van der Waals surface area (Å²) in [6, 6.07) is 6.82. The molecule has 0 spiro atoms. The third-order valence-electron chi connectivity index (χ3n) is 4.34. The van der Waals surface area contributed by atoms with E-state index in [0.29, 0.717) is 0 Å². The number of hydrogen-bond donors (Lipinski definition) is 1. The lowest BCUT2D eigenvalue weighted by atomic mass is 10.0. The summed E-state index contributed by atoms with van der Waals surface area (Å²) in [6.45, 7) is 9.83. The second-order valence-electron chi connectivity index (χ2n) is 6.28. The maximum absolute atomic E-state index is 5.66. The maximum atomic E-state index is 5.66. The van der Waals surface area contributed by atoms with Gasteiger partial charge in [-0.25, -0.2) is 0 Å². The third kappa shape index (κ3) is 4.70. The minimum absolute atomic E-state index is 0.727. The number of likely N-dealkylation sites (N-methyl/N-ethyl adjacent to an activating group) is 1. The first kappa shape index (κ1) is 16.3. The van der Waals surface area contributed by atoms with Gasteiger partial charge in [-0.3, -0.25) is 4.90 Å². The molecular weight excluding hydrogens is 260 g/mol. The largest absolute Gasteiger partial charge is 0.369 e. The molecule has 118 valence electrons. The SMILES string of the molecule is Cc1cc(N2CCN(CCN(C)C)CC2)ccc1CCN. The smallest absolute Gasteiger partial charge is 0.0369 e. The summed E-state index contributed by atoms with van der Waals surface area (Å²) >= 11 is 0. The summed E-state index contributed by atoms with van der Waals surface area (Å²) in [5.41, 5.74) is 9.77. The molecule has 21 heavy (non-hydrogen) atoms. The molecule has 0 radical (unpaired) electrons. The van der Waals surface area contributed by atoms with E-state index in [2.05, 4.69) is 53.9 Å². The van der Waals surface area contributed by atoms with Crippen LogP contribution in [-0.2, 0) is 6.42 Å². The summed E-state index contributed by atoms with van der Waals surface area (Å²) < 4.78 is 0. The lowest BCUT2D eigenvalue weighted by molar-refractivity contribution is 0.229. The van der Waals surface area contributed by atoms with Crippen LogP contribution in [0.5, 0.6) is 0 Å². The fourth-order valence-electron chi connectivity index (χ4n) is 2.88. The zero-order valence-corrected chi connectivity index (χ0v) is 13.8. The fourth-order valence-corrected chi connectivity index (χ4v) is 2.88. The first-order valence-electron chi connectivity index (χ1n) is 8.02. The first-order chi connectivity index (χ1) is 10.1. The number of nitrogens with zero attached hydrogens (tertiary/aromatic N) is 3. The average Bonchev–Trinajstić information content (AvgIpc) is 2.48. The molecule has 0 aliphatic carbocycles. The highest BCUT2D eigenvalue weighted by Crippen LogP contribution is 2.21. The summed E-state index contributed by atoms with van der Waals surface area (Å²) in [7, 11) is 4.28. The molecule has 1 aromatic carbocycles. The standard InChI is InChI=1S/C17H30N4/c1-15-14-17(5-4-16(15)6-7-18)21-12-10-20(11-13-21)9-8-19(2)3/h4-5,14H,6-13,18H2,1-3H3. The van der Waals surface area contributed by atoms with Gasteiger partial charge in [-0.15, -0.1) is 0 Å². The molecular formula is C17H30N4. The van der Waals surface area contributed by atoms with Crippen molar-refractivity contribution in [2.75, 3.05) is 64.8 Å². The molecule has 2 N–H and O–H groups in total. The van der Waals surface area contributed by atoms with Crippen LogP contribution in [0.2, 0.25) is 0 Å². The summed E-state index contributed by atoms with van der Waals surface area (Å²) in [5, 5.41) is 0. The lowest BCUT2D eigenvalue weighted by Crippen LogP contribution is -2.48. The first-order valence-corrected chi connectivity index (χ1v) is 8.02. The van der Waals surface area contributed by atoms with Gasteiger partial charge in [-0.1, -0.05) is 6.07 Å². The molecule has 1 fully saturated rings. The second kappa shape index (κ2) is 7.78. The summed E-state index contributed by atoms with van der Waals surface area (Å²) in [4.78, 5) is 7.32. The van der Waals surface area contributed by atoms with Gasteiger partial charge in [0.05, 0.1) is 0 Å². The van der Waals surface area contributed by atoms with Crippen molar-refractivity contribution in [1.29, 1.82) is 0 Å². The molecule has 0 bridgehead atoms. The van der Waals surface area contributed by atoms with Crippen molar-refractivity contribution in [1.82, 2.24) is 9.80 Å². The van der Waals surface area contributed by atoms with Crippen LogP contribution in [0.3, 0.4) is 0 Å². The number of anilines is 1. The lowest BCUT2D eigenvalue weighted by Gasteiger charge is -2.36. The minimum Gasteiger partial charge on any atom is -0.369 e. The van der Waals surface area contributed by atoms with E-state index in [9.17, 15) is 0 Å². The monoisotopic (exact) mass is 290 g/mol. The van der Waals surface area contributed by atoms with Crippen molar-refractivity contribution < 1.29 is 0 Å². The molecule has 2 rings (SSSR count). The van der Waals surface area contributed by atoms with E-state index < -0.39 is 0 Å². The van der Waals surface area contributed by atoms with Crippen LogP contribution in [0.15, 0.2) is 18.2 Å². The van der Waals surface area contributed by atoms with Crippen molar-refractivity contribution >= 4 is 5.69 Å². The van der Waals surface area contributed by atoms with E-state index in [1.165, 1.54) is 23.4 Å². The van der Waals surface area contributed by atoms with Gasteiger partial charge >= 0.3 is 0 Å². The normalized spacial score (nSPS) is 16.7. The van der Waals surface area contributed by atoms with Crippen LogP contribution < -0.4 is 10.6 Å². The quantitative estimate of drug-likeness (QED) is 0.853. The highest BCUT2D eigenvalue weighted by molar-refractivity contribution is 5.51. The van der Waals surface area contributed by atoms with Crippen LogP contribution in [0.1, 0.15) is 11.1 Å². The Morgan fingerprint density at radius 1 is 1.14 bits per heavy atom. The molecule has 0 atom stereocenters. The van der Waals surface area contributed by atoms with Gasteiger partial charge in [0.1, 0.15) is 0 Å². The Hall–Kier alpha value is -1.10.